The molecule has 5 heteroatoms. The summed E-state index contributed by atoms with van der Waals surface area (Å²) in [5.74, 6) is 1.33. The molecule has 0 saturated heterocycles. The molecule has 1 amide bonds. The molecule has 116 valence electrons. The molecular weight excluding hydrogens is 280 g/mol. The topological polar surface area (TPSA) is 68.3 Å². The number of nitrogens with one attached hydrogen (secondary N) is 1. The molecule has 0 unspecified atom stereocenters. The standard InChI is InChI=1S/C17H20N2O3/c20-16(18-12-5-2-1-3-6-12)17(8-9-17)15-11-14(22-19-15)13-7-4-10-21-13/h4,7,10-12H,1-3,5-6,8-9H2,(H,18,20). The van der Waals surface area contributed by atoms with E-state index in [-0.39, 0.29) is 5.91 Å². The molecule has 0 bridgehead atoms. The number of hydrogen-bond acceptors (Lipinski definition) is 4. The van der Waals surface area contributed by atoms with Crippen molar-refractivity contribution in [1.29, 1.82) is 0 Å². The van der Waals surface area contributed by atoms with E-state index in [1.165, 1.54) is 19.3 Å². The van der Waals surface area contributed by atoms with Crippen molar-refractivity contribution in [3.63, 3.8) is 0 Å². The van der Waals surface area contributed by atoms with Crippen LogP contribution >= 0.6 is 0 Å². The number of amides is 1. The Labute approximate surface area is 129 Å². The highest BCUT2D eigenvalue weighted by Gasteiger charge is 2.54. The van der Waals surface area contributed by atoms with E-state index < -0.39 is 5.41 Å². The zero-order chi connectivity index (χ0) is 15.0. The first-order valence-corrected chi connectivity index (χ1v) is 8.10. The van der Waals surface area contributed by atoms with Crippen molar-refractivity contribution in [1.82, 2.24) is 10.5 Å². The van der Waals surface area contributed by atoms with Gasteiger partial charge < -0.3 is 14.3 Å². The van der Waals surface area contributed by atoms with Crippen LogP contribution in [0.3, 0.4) is 0 Å². The molecule has 2 fully saturated rings. The molecule has 4 rings (SSSR count). The Kier molecular flexibility index (Phi) is 3.28. The maximum absolute atomic E-state index is 12.7. The van der Waals surface area contributed by atoms with Gasteiger partial charge in [-0.15, -0.1) is 0 Å². The van der Waals surface area contributed by atoms with Crippen LogP contribution in [0.25, 0.3) is 11.5 Å². The smallest absolute Gasteiger partial charge is 0.232 e. The summed E-state index contributed by atoms with van der Waals surface area (Å²) >= 11 is 0. The van der Waals surface area contributed by atoms with E-state index in [0.29, 0.717) is 17.6 Å². The van der Waals surface area contributed by atoms with Gasteiger partial charge >= 0.3 is 0 Å². The lowest BCUT2D eigenvalue weighted by molar-refractivity contribution is -0.124. The molecular formula is C17H20N2O3. The van der Waals surface area contributed by atoms with E-state index in [9.17, 15) is 4.79 Å². The van der Waals surface area contributed by atoms with Crippen LogP contribution in [0.5, 0.6) is 0 Å². The van der Waals surface area contributed by atoms with Crippen LogP contribution in [0.4, 0.5) is 0 Å². The van der Waals surface area contributed by atoms with Gasteiger partial charge in [-0.2, -0.15) is 0 Å². The zero-order valence-corrected chi connectivity index (χ0v) is 12.5. The lowest BCUT2D eigenvalue weighted by Crippen LogP contribution is -2.42. The van der Waals surface area contributed by atoms with Crippen LogP contribution in [0.15, 0.2) is 33.4 Å². The van der Waals surface area contributed by atoms with E-state index in [1.807, 2.05) is 12.1 Å². The minimum atomic E-state index is -0.480. The lowest BCUT2D eigenvalue weighted by atomic mass is 9.93. The maximum atomic E-state index is 12.7. The number of carbonyl (C=O) groups excluding carboxylic acids is 1. The van der Waals surface area contributed by atoms with Gasteiger partial charge in [0, 0.05) is 12.1 Å². The van der Waals surface area contributed by atoms with Gasteiger partial charge in [-0.1, -0.05) is 24.4 Å². The molecule has 0 aromatic carbocycles. The summed E-state index contributed by atoms with van der Waals surface area (Å²) in [6, 6.07) is 5.80. The van der Waals surface area contributed by atoms with Gasteiger partial charge in [-0.3, -0.25) is 4.79 Å². The molecule has 2 aliphatic carbocycles. The fourth-order valence-corrected chi connectivity index (χ4v) is 3.33. The second-order valence-corrected chi connectivity index (χ2v) is 6.44. The number of nitrogens with zero attached hydrogens (tertiary/aromatic N) is 1. The Morgan fingerprint density at radius 1 is 1.23 bits per heavy atom. The van der Waals surface area contributed by atoms with Crippen LogP contribution in [0.2, 0.25) is 0 Å². The Morgan fingerprint density at radius 3 is 2.73 bits per heavy atom. The largest absolute Gasteiger partial charge is 0.461 e. The zero-order valence-electron chi connectivity index (χ0n) is 12.5. The first-order chi connectivity index (χ1) is 10.8. The van der Waals surface area contributed by atoms with Crippen LogP contribution < -0.4 is 5.32 Å². The molecule has 1 N–H and O–H groups in total. The van der Waals surface area contributed by atoms with E-state index in [2.05, 4.69) is 10.5 Å². The molecule has 0 aliphatic heterocycles. The molecule has 2 saturated carbocycles. The van der Waals surface area contributed by atoms with Gasteiger partial charge in [-0.05, 0) is 37.8 Å². The van der Waals surface area contributed by atoms with E-state index in [0.717, 1.165) is 31.4 Å². The van der Waals surface area contributed by atoms with Crippen LogP contribution in [-0.2, 0) is 10.2 Å². The molecule has 0 atom stereocenters. The van der Waals surface area contributed by atoms with Crippen molar-refractivity contribution >= 4 is 5.91 Å². The fourth-order valence-electron chi connectivity index (χ4n) is 3.33. The summed E-state index contributed by atoms with van der Waals surface area (Å²) in [6.07, 6.45) is 9.19. The normalized spacial score (nSPS) is 20.7. The Hall–Kier alpha value is -2.04. The third-order valence-electron chi connectivity index (χ3n) is 4.89. The minimum absolute atomic E-state index is 0.110. The number of rotatable bonds is 4. The van der Waals surface area contributed by atoms with Gasteiger partial charge in [0.1, 0.15) is 0 Å². The van der Waals surface area contributed by atoms with Gasteiger partial charge in [0.25, 0.3) is 0 Å². The first-order valence-electron chi connectivity index (χ1n) is 8.10. The molecule has 2 aromatic rings. The molecule has 0 radical (unpaired) electrons. The van der Waals surface area contributed by atoms with Crippen LogP contribution in [-0.4, -0.2) is 17.1 Å². The number of aromatic nitrogens is 1. The lowest BCUT2D eigenvalue weighted by Gasteiger charge is -2.24. The van der Waals surface area contributed by atoms with Gasteiger partial charge in [0.05, 0.1) is 17.4 Å². The molecule has 5 nitrogen and oxygen atoms in total. The molecule has 22 heavy (non-hydrogen) atoms. The fraction of sp³-hybridized carbons (Fsp3) is 0.529. The predicted octanol–water partition coefficient (Wildman–Crippen LogP) is 3.42. The summed E-state index contributed by atoms with van der Waals surface area (Å²) in [7, 11) is 0. The summed E-state index contributed by atoms with van der Waals surface area (Å²) in [4.78, 5) is 12.7. The molecule has 2 aliphatic rings. The third kappa shape index (κ3) is 2.34. The quantitative estimate of drug-likeness (QED) is 0.939. The highest BCUT2D eigenvalue weighted by molar-refractivity contribution is 5.91. The van der Waals surface area contributed by atoms with E-state index in [1.54, 1.807) is 12.3 Å². The van der Waals surface area contributed by atoms with Crippen molar-refractivity contribution in [3.05, 3.63) is 30.2 Å². The van der Waals surface area contributed by atoms with Gasteiger partial charge in [0.15, 0.2) is 5.76 Å². The average Bonchev–Trinajstić information content (AvgIpc) is 2.98. The first kappa shape index (κ1) is 13.6. The number of hydrogen-bond donors (Lipinski definition) is 1. The Morgan fingerprint density at radius 2 is 2.05 bits per heavy atom. The monoisotopic (exact) mass is 300 g/mol. The van der Waals surface area contributed by atoms with Gasteiger partial charge in [0.2, 0.25) is 11.7 Å². The Balaban J connectivity index is 1.50. The second-order valence-electron chi connectivity index (χ2n) is 6.44. The van der Waals surface area contributed by atoms with Crippen LogP contribution in [0, 0.1) is 0 Å². The molecule has 2 heterocycles. The number of carbonyl (C=O) groups is 1. The van der Waals surface area contributed by atoms with E-state index >= 15 is 0 Å². The predicted molar refractivity (Wildman–Crippen MR) is 80.1 cm³/mol. The SMILES string of the molecule is O=C(NC1CCCCC1)C1(c2cc(-c3ccco3)on2)CC1. The van der Waals surface area contributed by atoms with Crippen molar-refractivity contribution in [2.45, 2.75) is 56.4 Å². The highest BCUT2D eigenvalue weighted by Crippen LogP contribution is 2.48. The summed E-state index contributed by atoms with van der Waals surface area (Å²) in [6.45, 7) is 0. The molecule has 2 aromatic heterocycles. The number of furan rings is 1. The van der Waals surface area contributed by atoms with Crippen molar-refractivity contribution in [2.75, 3.05) is 0 Å². The van der Waals surface area contributed by atoms with E-state index in [4.69, 9.17) is 8.94 Å². The van der Waals surface area contributed by atoms with Crippen molar-refractivity contribution in [2.24, 2.45) is 0 Å². The second kappa shape index (κ2) is 5.30. The highest BCUT2D eigenvalue weighted by atomic mass is 16.5. The van der Waals surface area contributed by atoms with Crippen molar-refractivity contribution < 1.29 is 13.7 Å². The minimum Gasteiger partial charge on any atom is -0.461 e. The average molecular weight is 300 g/mol. The summed E-state index contributed by atoms with van der Waals surface area (Å²) in [5, 5.41) is 7.34. The van der Waals surface area contributed by atoms with Gasteiger partial charge in [-0.25, -0.2) is 0 Å². The maximum Gasteiger partial charge on any atom is 0.232 e. The summed E-state index contributed by atoms with van der Waals surface area (Å²) < 4.78 is 10.7. The van der Waals surface area contributed by atoms with Crippen LogP contribution in [0.1, 0.15) is 50.6 Å². The molecule has 0 spiro atoms. The third-order valence-corrected chi connectivity index (χ3v) is 4.89. The van der Waals surface area contributed by atoms with Crippen molar-refractivity contribution in [3.8, 4) is 11.5 Å². The Bertz CT molecular complexity index is 649. The summed E-state index contributed by atoms with van der Waals surface area (Å²) in [5.41, 5.74) is 0.249.